The number of nitro benzene ring substituents is 1. The molecule has 0 amide bonds. The summed E-state index contributed by atoms with van der Waals surface area (Å²) < 4.78 is 0. The molecule has 0 bridgehead atoms. The lowest BCUT2D eigenvalue weighted by molar-refractivity contribution is -0.384. The molecular formula is C10H7N3O3. The maximum absolute atomic E-state index is 11.1. The van der Waals surface area contributed by atoms with E-state index in [1.54, 1.807) is 0 Å². The first-order valence-corrected chi connectivity index (χ1v) is 4.50. The van der Waals surface area contributed by atoms with E-state index >= 15 is 0 Å². The minimum absolute atomic E-state index is 0.0441. The van der Waals surface area contributed by atoms with Crippen molar-refractivity contribution in [3.05, 3.63) is 40.2 Å². The van der Waals surface area contributed by atoms with Crippen LogP contribution in [0.4, 0.5) is 5.69 Å². The van der Waals surface area contributed by atoms with E-state index in [0.29, 0.717) is 11.0 Å². The summed E-state index contributed by atoms with van der Waals surface area (Å²) >= 11 is 0. The lowest BCUT2D eigenvalue weighted by Crippen LogP contribution is -1.98. The number of benzene rings is 1. The van der Waals surface area contributed by atoms with Gasteiger partial charge in [0, 0.05) is 19.1 Å². The molecule has 0 N–H and O–H groups in total. The minimum Gasteiger partial charge on any atom is -0.293 e. The zero-order chi connectivity index (χ0) is 11.7. The fraction of sp³-hybridized carbons (Fsp3) is 0.100. The normalized spacial score (nSPS) is 10.3. The third-order valence-electron chi connectivity index (χ3n) is 2.10. The summed E-state index contributed by atoms with van der Waals surface area (Å²) in [5.74, 6) is -0.187. The van der Waals surface area contributed by atoms with Crippen LogP contribution >= 0.6 is 0 Å². The van der Waals surface area contributed by atoms with Crippen molar-refractivity contribution < 1.29 is 9.72 Å². The molecule has 0 spiro atoms. The number of fused-ring (bicyclic) bond motifs is 1. The van der Waals surface area contributed by atoms with Gasteiger partial charge < -0.3 is 0 Å². The molecule has 6 nitrogen and oxygen atoms in total. The van der Waals surface area contributed by atoms with Crippen molar-refractivity contribution in [1.29, 1.82) is 0 Å². The van der Waals surface area contributed by atoms with Crippen LogP contribution in [0.3, 0.4) is 0 Å². The van der Waals surface area contributed by atoms with Crippen LogP contribution in [-0.4, -0.2) is 20.7 Å². The number of hydrogen-bond acceptors (Lipinski definition) is 5. The second kappa shape index (κ2) is 3.65. The Labute approximate surface area is 90.1 Å². The van der Waals surface area contributed by atoms with E-state index in [0.717, 1.165) is 0 Å². The average molecular weight is 217 g/mol. The summed E-state index contributed by atoms with van der Waals surface area (Å²) in [4.78, 5) is 29.1. The van der Waals surface area contributed by atoms with Crippen LogP contribution in [0.15, 0.2) is 24.4 Å². The van der Waals surface area contributed by atoms with Crippen LogP contribution in [-0.2, 0) is 0 Å². The zero-order valence-electron chi connectivity index (χ0n) is 8.38. The highest BCUT2D eigenvalue weighted by molar-refractivity contribution is 5.93. The molecule has 6 heteroatoms. The smallest absolute Gasteiger partial charge is 0.271 e. The van der Waals surface area contributed by atoms with Crippen molar-refractivity contribution in [2.24, 2.45) is 0 Å². The molecule has 0 radical (unpaired) electrons. The van der Waals surface area contributed by atoms with Crippen LogP contribution in [0.1, 0.15) is 17.4 Å². The molecular weight excluding hydrogens is 210 g/mol. The van der Waals surface area contributed by atoms with Crippen molar-refractivity contribution >= 4 is 22.5 Å². The van der Waals surface area contributed by atoms with Crippen molar-refractivity contribution in [3.63, 3.8) is 0 Å². The van der Waals surface area contributed by atoms with Gasteiger partial charge in [0.15, 0.2) is 5.78 Å². The molecule has 0 aliphatic heterocycles. The predicted molar refractivity (Wildman–Crippen MR) is 56.2 cm³/mol. The number of ketones is 1. The minimum atomic E-state index is -0.500. The Hall–Kier alpha value is -2.37. The number of nitrogens with zero attached hydrogens (tertiary/aromatic N) is 3. The lowest BCUT2D eigenvalue weighted by Gasteiger charge is -1.98. The number of Topliss-reactive ketones (excluding diaryl/α,β-unsaturated/α-hetero) is 1. The molecule has 1 aromatic carbocycles. The highest BCUT2D eigenvalue weighted by Gasteiger charge is 2.09. The van der Waals surface area contributed by atoms with Gasteiger partial charge in [0.2, 0.25) is 0 Å². The Bertz CT molecular complexity index is 542. The largest absolute Gasteiger partial charge is 0.293 e. The summed E-state index contributed by atoms with van der Waals surface area (Å²) in [6.07, 6.45) is 1.31. The van der Waals surface area contributed by atoms with Crippen LogP contribution in [0.5, 0.6) is 0 Å². The zero-order valence-corrected chi connectivity index (χ0v) is 8.38. The first-order chi connectivity index (χ1) is 7.58. The van der Waals surface area contributed by atoms with Crippen molar-refractivity contribution in [2.45, 2.75) is 6.92 Å². The number of aromatic nitrogens is 2. The number of hydrogen-bond donors (Lipinski definition) is 0. The van der Waals surface area contributed by atoms with Gasteiger partial charge in [-0.05, 0) is 6.07 Å². The highest BCUT2D eigenvalue weighted by Crippen LogP contribution is 2.17. The summed E-state index contributed by atoms with van der Waals surface area (Å²) in [7, 11) is 0. The standard InChI is InChI=1S/C10H7N3O3/c1-6(14)10-5-11-9-4-7(13(15)16)2-3-8(9)12-10/h2-5H,1H3. The number of carbonyl (C=O) groups excluding carboxylic acids is 1. The van der Waals surface area contributed by atoms with Crippen molar-refractivity contribution in [1.82, 2.24) is 9.97 Å². The molecule has 1 heterocycles. The molecule has 0 saturated heterocycles. The second-order valence-corrected chi connectivity index (χ2v) is 3.24. The summed E-state index contributed by atoms with van der Waals surface area (Å²) in [6.45, 7) is 1.39. The van der Waals surface area contributed by atoms with Crippen LogP contribution in [0.2, 0.25) is 0 Å². The molecule has 0 saturated carbocycles. The van der Waals surface area contributed by atoms with E-state index < -0.39 is 4.92 Å². The first kappa shape index (κ1) is 10.2. The summed E-state index contributed by atoms with van der Waals surface area (Å²) in [5, 5.41) is 10.5. The van der Waals surface area contributed by atoms with Gasteiger partial charge >= 0.3 is 0 Å². The van der Waals surface area contributed by atoms with Gasteiger partial charge in [0.25, 0.3) is 5.69 Å². The molecule has 16 heavy (non-hydrogen) atoms. The average Bonchev–Trinajstić information content (AvgIpc) is 2.27. The van der Waals surface area contributed by atoms with Crippen LogP contribution in [0, 0.1) is 10.1 Å². The molecule has 0 atom stereocenters. The molecule has 1 aromatic heterocycles. The maximum atomic E-state index is 11.1. The third kappa shape index (κ3) is 1.72. The number of rotatable bonds is 2. The fourth-order valence-electron chi connectivity index (χ4n) is 1.28. The lowest BCUT2D eigenvalue weighted by atomic mass is 10.2. The highest BCUT2D eigenvalue weighted by atomic mass is 16.6. The maximum Gasteiger partial charge on any atom is 0.271 e. The van der Waals surface area contributed by atoms with E-state index in [2.05, 4.69) is 9.97 Å². The summed E-state index contributed by atoms with van der Waals surface area (Å²) in [5.41, 5.74) is 1.08. The molecule has 0 aliphatic rings. The second-order valence-electron chi connectivity index (χ2n) is 3.24. The van der Waals surface area contributed by atoms with Crippen LogP contribution < -0.4 is 0 Å². The Balaban J connectivity index is 2.61. The topological polar surface area (TPSA) is 86.0 Å². The Morgan fingerprint density at radius 3 is 2.75 bits per heavy atom. The van der Waals surface area contributed by atoms with Gasteiger partial charge in [-0.25, -0.2) is 4.98 Å². The van der Waals surface area contributed by atoms with Gasteiger partial charge in [-0.1, -0.05) is 0 Å². The Morgan fingerprint density at radius 1 is 1.38 bits per heavy atom. The Kier molecular flexibility index (Phi) is 2.32. The third-order valence-corrected chi connectivity index (χ3v) is 2.10. The van der Waals surface area contributed by atoms with Crippen molar-refractivity contribution in [3.8, 4) is 0 Å². The van der Waals surface area contributed by atoms with Gasteiger partial charge in [-0.2, -0.15) is 0 Å². The van der Waals surface area contributed by atoms with Gasteiger partial charge in [-0.15, -0.1) is 0 Å². The number of non-ortho nitro benzene ring substituents is 1. The fourth-order valence-corrected chi connectivity index (χ4v) is 1.28. The predicted octanol–water partition coefficient (Wildman–Crippen LogP) is 1.74. The molecule has 2 aromatic rings. The number of nitro groups is 1. The van der Waals surface area contributed by atoms with E-state index in [1.807, 2.05) is 0 Å². The molecule has 2 rings (SSSR count). The molecule has 0 unspecified atom stereocenters. The summed E-state index contributed by atoms with van der Waals surface area (Å²) in [6, 6.07) is 4.14. The molecule has 0 aliphatic carbocycles. The van der Waals surface area contributed by atoms with E-state index in [1.165, 1.54) is 31.3 Å². The van der Waals surface area contributed by atoms with Gasteiger partial charge in [0.1, 0.15) is 5.69 Å². The van der Waals surface area contributed by atoms with E-state index in [9.17, 15) is 14.9 Å². The van der Waals surface area contributed by atoms with Crippen molar-refractivity contribution in [2.75, 3.05) is 0 Å². The Morgan fingerprint density at radius 2 is 2.12 bits per heavy atom. The number of carbonyl (C=O) groups is 1. The van der Waals surface area contributed by atoms with E-state index in [-0.39, 0.29) is 17.2 Å². The quantitative estimate of drug-likeness (QED) is 0.434. The van der Waals surface area contributed by atoms with Crippen LogP contribution in [0.25, 0.3) is 11.0 Å². The SMILES string of the molecule is CC(=O)c1cnc2cc([N+](=O)[O-])ccc2n1. The van der Waals surface area contributed by atoms with E-state index in [4.69, 9.17) is 0 Å². The van der Waals surface area contributed by atoms with Gasteiger partial charge in [0.05, 0.1) is 22.2 Å². The monoisotopic (exact) mass is 217 g/mol. The molecule has 0 fully saturated rings. The van der Waals surface area contributed by atoms with Gasteiger partial charge in [-0.3, -0.25) is 19.9 Å². The molecule has 80 valence electrons. The first-order valence-electron chi connectivity index (χ1n) is 4.50.